The molecule has 4 heterocycles. The Morgan fingerprint density at radius 1 is 0.943 bits per heavy atom. The average molecular weight is 468 g/mol. The van der Waals surface area contributed by atoms with E-state index in [1.54, 1.807) is 0 Å². The molecule has 0 saturated carbocycles. The zero-order chi connectivity index (χ0) is 23.6. The summed E-state index contributed by atoms with van der Waals surface area (Å²) in [6, 6.07) is 24.5. The quantitative estimate of drug-likeness (QED) is 0.468. The molecule has 0 bridgehead atoms. The predicted octanol–water partition coefficient (Wildman–Crippen LogP) is 3.79. The Hall–Kier alpha value is -3.84. The number of benzene rings is 2. The number of pyridine rings is 1. The summed E-state index contributed by atoms with van der Waals surface area (Å²) in [6.07, 6.45) is 1.85. The van der Waals surface area contributed by atoms with Crippen molar-refractivity contribution in [2.45, 2.75) is 12.6 Å². The van der Waals surface area contributed by atoms with Crippen molar-refractivity contribution >= 4 is 22.6 Å². The number of nitrogens with one attached hydrogen (secondary N) is 1. The third-order valence-corrected chi connectivity index (χ3v) is 7.02. The zero-order valence-corrected chi connectivity index (χ0v) is 19.6. The molecule has 7 heteroatoms. The molecule has 2 aromatic heterocycles. The highest BCUT2D eigenvalue weighted by Crippen LogP contribution is 2.25. The van der Waals surface area contributed by atoms with Crippen LogP contribution in [0, 0.1) is 0 Å². The van der Waals surface area contributed by atoms with E-state index in [2.05, 4.69) is 25.8 Å². The Kier molecular flexibility index (Phi) is 5.84. The summed E-state index contributed by atoms with van der Waals surface area (Å²) >= 11 is 0. The van der Waals surface area contributed by atoms with Crippen molar-refractivity contribution in [2.24, 2.45) is 0 Å². The first-order chi connectivity index (χ1) is 17.2. The normalized spacial score (nSPS) is 16.9. The molecule has 0 atom stereocenters. The van der Waals surface area contributed by atoms with Crippen LogP contribution in [-0.2, 0) is 6.61 Å². The fraction of sp³-hybridized carbons (Fsp3) is 0.286. The van der Waals surface area contributed by atoms with Crippen LogP contribution in [0.5, 0.6) is 5.75 Å². The molecule has 2 fully saturated rings. The number of fused-ring (bicyclic) bond motifs is 1. The van der Waals surface area contributed by atoms with Crippen molar-refractivity contribution in [3.8, 4) is 5.75 Å². The van der Waals surface area contributed by atoms with E-state index in [4.69, 9.17) is 4.74 Å². The van der Waals surface area contributed by atoms with Gasteiger partial charge in [0.05, 0.1) is 0 Å². The first-order valence-corrected chi connectivity index (χ1v) is 12.2. The summed E-state index contributed by atoms with van der Waals surface area (Å²) in [7, 11) is 0. The molecule has 6 rings (SSSR count). The van der Waals surface area contributed by atoms with Gasteiger partial charge in [0.15, 0.2) is 0 Å². The van der Waals surface area contributed by atoms with Crippen LogP contribution in [0.1, 0.15) is 16.1 Å². The maximum Gasteiger partial charge on any atom is 0.270 e. The van der Waals surface area contributed by atoms with Crippen LogP contribution >= 0.6 is 0 Å². The number of likely N-dealkylation sites (tertiary alicyclic amines) is 1. The molecule has 1 amide bonds. The molecule has 0 radical (unpaired) electrons. The minimum atomic E-state index is 0.0660. The van der Waals surface area contributed by atoms with Gasteiger partial charge in [0, 0.05) is 62.4 Å². The van der Waals surface area contributed by atoms with Gasteiger partial charge >= 0.3 is 0 Å². The van der Waals surface area contributed by atoms with Crippen LogP contribution < -0.4 is 9.64 Å². The molecule has 2 saturated heterocycles. The summed E-state index contributed by atoms with van der Waals surface area (Å²) in [6.45, 7) is 6.03. The van der Waals surface area contributed by atoms with Crippen molar-refractivity contribution in [1.82, 2.24) is 19.8 Å². The number of aromatic nitrogens is 2. The monoisotopic (exact) mass is 467 g/mol. The van der Waals surface area contributed by atoms with E-state index in [9.17, 15) is 4.79 Å². The van der Waals surface area contributed by atoms with Gasteiger partial charge in [-0.15, -0.1) is 0 Å². The molecule has 2 aliphatic heterocycles. The van der Waals surface area contributed by atoms with Crippen LogP contribution in [0.4, 0.5) is 5.82 Å². The SMILES string of the molecule is O=C(c1cc2cc(OCc3ccccc3)ccc2[nH]1)N1CC(N2CCN(c3ccccn3)CC2)C1. The molecule has 2 aliphatic rings. The third-order valence-electron chi connectivity index (χ3n) is 7.02. The van der Waals surface area contributed by atoms with Gasteiger partial charge in [-0.2, -0.15) is 0 Å². The highest BCUT2D eigenvalue weighted by atomic mass is 16.5. The number of nitrogens with zero attached hydrogens (tertiary/aromatic N) is 4. The minimum Gasteiger partial charge on any atom is -0.489 e. The van der Waals surface area contributed by atoms with Gasteiger partial charge in [0.1, 0.15) is 23.9 Å². The summed E-state index contributed by atoms with van der Waals surface area (Å²) < 4.78 is 5.94. The number of anilines is 1. The largest absolute Gasteiger partial charge is 0.489 e. The molecule has 178 valence electrons. The summed E-state index contributed by atoms with van der Waals surface area (Å²) in [5.41, 5.74) is 2.71. The van der Waals surface area contributed by atoms with Crippen molar-refractivity contribution in [3.63, 3.8) is 0 Å². The lowest BCUT2D eigenvalue weighted by Gasteiger charge is -2.48. The summed E-state index contributed by atoms with van der Waals surface area (Å²) in [5, 5.41) is 0.988. The molecule has 0 aliphatic carbocycles. The van der Waals surface area contributed by atoms with Crippen LogP contribution in [0.15, 0.2) is 79.0 Å². The Bertz CT molecular complexity index is 1290. The second-order valence-electron chi connectivity index (χ2n) is 9.28. The minimum absolute atomic E-state index is 0.0660. The molecule has 7 nitrogen and oxygen atoms in total. The van der Waals surface area contributed by atoms with E-state index in [0.717, 1.165) is 67.3 Å². The second-order valence-corrected chi connectivity index (χ2v) is 9.28. The maximum atomic E-state index is 13.1. The fourth-order valence-corrected chi connectivity index (χ4v) is 4.94. The van der Waals surface area contributed by atoms with E-state index in [1.165, 1.54) is 0 Å². The Balaban J connectivity index is 1.03. The number of carbonyl (C=O) groups excluding carboxylic acids is 1. The van der Waals surface area contributed by atoms with E-state index in [0.29, 0.717) is 18.3 Å². The van der Waals surface area contributed by atoms with Gasteiger partial charge in [-0.3, -0.25) is 9.69 Å². The smallest absolute Gasteiger partial charge is 0.270 e. The molecule has 4 aromatic rings. The standard InChI is InChI=1S/C28H29N5O2/c34-28(33-18-23(19-33)31-12-14-32(15-13-31)27-8-4-5-11-29-27)26-17-22-16-24(9-10-25(22)30-26)35-20-21-6-2-1-3-7-21/h1-11,16-17,23,30H,12-15,18-20H2. The number of aromatic amines is 1. The van der Waals surface area contributed by atoms with E-state index in [1.807, 2.05) is 77.8 Å². The first kappa shape index (κ1) is 21.7. The topological polar surface area (TPSA) is 64.7 Å². The lowest BCUT2D eigenvalue weighted by Crippen LogP contribution is -2.64. The molecule has 0 unspecified atom stereocenters. The number of hydrogen-bond acceptors (Lipinski definition) is 5. The lowest BCUT2D eigenvalue weighted by molar-refractivity contribution is 0.0242. The number of amides is 1. The number of H-pyrrole nitrogens is 1. The van der Waals surface area contributed by atoms with Crippen molar-refractivity contribution in [2.75, 3.05) is 44.2 Å². The van der Waals surface area contributed by atoms with Crippen LogP contribution in [0.25, 0.3) is 10.9 Å². The Morgan fingerprint density at radius 3 is 2.51 bits per heavy atom. The molecular weight excluding hydrogens is 438 g/mol. The second kappa shape index (κ2) is 9.43. The van der Waals surface area contributed by atoms with Crippen molar-refractivity contribution < 1.29 is 9.53 Å². The molecule has 35 heavy (non-hydrogen) atoms. The average Bonchev–Trinajstić information content (AvgIpc) is 3.32. The van der Waals surface area contributed by atoms with Gasteiger partial charge in [-0.1, -0.05) is 36.4 Å². The molecule has 1 N–H and O–H groups in total. The van der Waals surface area contributed by atoms with E-state index < -0.39 is 0 Å². The van der Waals surface area contributed by atoms with Crippen molar-refractivity contribution in [1.29, 1.82) is 0 Å². The summed E-state index contributed by atoms with van der Waals surface area (Å²) in [5.74, 6) is 1.91. The number of hydrogen-bond donors (Lipinski definition) is 1. The van der Waals surface area contributed by atoms with Crippen LogP contribution in [0.3, 0.4) is 0 Å². The molecule has 2 aromatic carbocycles. The van der Waals surface area contributed by atoms with Gasteiger partial charge in [0.25, 0.3) is 5.91 Å². The Morgan fingerprint density at radius 2 is 1.74 bits per heavy atom. The van der Waals surface area contributed by atoms with Gasteiger partial charge < -0.3 is 19.5 Å². The predicted molar refractivity (Wildman–Crippen MR) is 137 cm³/mol. The highest BCUT2D eigenvalue weighted by Gasteiger charge is 2.36. The maximum absolute atomic E-state index is 13.1. The van der Waals surface area contributed by atoms with Crippen LogP contribution in [-0.4, -0.2) is 71.0 Å². The van der Waals surface area contributed by atoms with E-state index >= 15 is 0 Å². The fourth-order valence-electron chi connectivity index (χ4n) is 4.94. The molecular formula is C28H29N5O2. The number of rotatable bonds is 6. The number of piperazine rings is 1. The number of carbonyl (C=O) groups is 1. The van der Waals surface area contributed by atoms with Gasteiger partial charge in [-0.05, 0) is 42.0 Å². The van der Waals surface area contributed by atoms with Gasteiger partial charge in [-0.25, -0.2) is 4.98 Å². The third kappa shape index (κ3) is 4.59. The zero-order valence-electron chi connectivity index (χ0n) is 19.6. The van der Waals surface area contributed by atoms with Crippen molar-refractivity contribution in [3.05, 3.63) is 90.3 Å². The Labute approximate surface area is 204 Å². The summed E-state index contributed by atoms with van der Waals surface area (Å²) in [4.78, 5) is 27.6. The number of ether oxygens (including phenoxy) is 1. The molecule has 0 spiro atoms. The van der Waals surface area contributed by atoms with Gasteiger partial charge in [0.2, 0.25) is 0 Å². The lowest BCUT2D eigenvalue weighted by atomic mass is 10.1. The highest BCUT2D eigenvalue weighted by molar-refractivity contribution is 5.98. The first-order valence-electron chi connectivity index (χ1n) is 12.2. The van der Waals surface area contributed by atoms with E-state index in [-0.39, 0.29) is 5.91 Å². The van der Waals surface area contributed by atoms with Crippen LogP contribution in [0.2, 0.25) is 0 Å².